The van der Waals surface area contributed by atoms with Crippen LogP contribution in [0.4, 0.5) is 15.9 Å². The normalized spacial score (nSPS) is 12.7. The van der Waals surface area contributed by atoms with E-state index in [1.165, 1.54) is 18.5 Å². The fraction of sp³-hybridized carbons (Fsp3) is 0.100. The molecular weight excluding hydrogens is 460 g/mol. The number of anilines is 2. The van der Waals surface area contributed by atoms with Crippen LogP contribution in [0.5, 0.6) is 0 Å². The summed E-state index contributed by atoms with van der Waals surface area (Å²) >= 11 is 0. The van der Waals surface area contributed by atoms with Crippen LogP contribution in [0, 0.1) is 25.1 Å². The molecule has 37 heavy (non-hydrogen) atoms. The molecule has 1 aromatic heterocycles. The Morgan fingerprint density at radius 3 is 2.57 bits per heavy atom. The van der Waals surface area contributed by atoms with E-state index in [2.05, 4.69) is 71.0 Å². The van der Waals surface area contributed by atoms with Crippen molar-refractivity contribution < 1.29 is 4.39 Å². The van der Waals surface area contributed by atoms with E-state index in [0.717, 1.165) is 39.3 Å². The molecular formula is C30H25BFN5. The number of nitrogens with one attached hydrogen (secondary N) is 2. The van der Waals surface area contributed by atoms with Crippen LogP contribution < -0.4 is 15.8 Å². The van der Waals surface area contributed by atoms with Crippen LogP contribution in [0.3, 0.4) is 0 Å². The first-order valence-electron chi connectivity index (χ1n) is 11.9. The molecule has 0 spiro atoms. The fourth-order valence-corrected chi connectivity index (χ4v) is 4.72. The highest BCUT2D eigenvalue weighted by Gasteiger charge is 2.26. The van der Waals surface area contributed by atoms with Gasteiger partial charge in [0.25, 0.3) is 0 Å². The number of para-hydroxylation sites is 1. The lowest BCUT2D eigenvalue weighted by Gasteiger charge is -2.36. The standard InChI is InChI=1S/C30H25BFN5/c1-18-8-4-5-13-25(18)37-20(3)26-19(2)9-6-10-21(26)15-24(37)16-34-30-27(29(31)35-17-36-30)28(33)22-11-7-12-23(32)14-22/h4-15,17,33H,3,16H2,1-2H3,(H,34,35,36). The van der Waals surface area contributed by atoms with Crippen molar-refractivity contribution in [3.05, 3.63) is 125 Å². The minimum atomic E-state index is -0.430. The third-order valence-corrected chi connectivity index (χ3v) is 6.51. The van der Waals surface area contributed by atoms with Crippen LogP contribution in [0.2, 0.25) is 0 Å². The second-order valence-electron chi connectivity index (χ2n) is 8.96. The summed E-state index contributed by atoms with van der Waals surface area (Å²) in [5.41, 5.74) is 8.23. The van der Waals surface area contributed by atoms with Gasteiger partial charge in [0.15, 0.2) is 0 Å². The Balaban J connectivity index is 1.55. The Kier molecular flexibility index (Phi) is 6.44. The van der Waals surface area contributed by atoms with Crippen LogP contribution in [0.25, 0.3) is 11.8 Å². The van der Waals surface area contributed by atoms with Gasteiger partial charge in [0, 0.05) is 33.8 Å². The van der Waals surface area contributed by atoms with Gasteiger partial charge in [0.2, 0.25) is 0 Å². The molecule has 1 aliphatic heterocycles. The number of benzene rings is 3. The third kappa shape index (κ3) is 4.56. The lowest BCUT2D eigenvalue weighted by Crippen LogP contribution is -2.30. The molecule has 1 aliphatic rings. The highest BCUT2D eigenvalue weighted by atomic mass is 19.1. The third-order valence-electron chi connectivity index (χ3n) is 6.51. The van der Waals surface area contributed by atoms with Crippen molar-refractivity contribution in [2.45, 2.75) is 13.8 Å². The number of hydrogen-bond donors (Lipinski definition) is 2. The monoisotopic (exact) mass is 485 g/mol. The molecule has 0 fully saturated rings. The summed E-state index contributed by atoms with van der Waals surface area (Å²) in [7, 11) is 6.18. The molecule has 3 aromatic carbocycles. The van der Waals surface area contributed by atoms with E-state index >= 15 is 0 Å². The Bertz CT molecular complexity index is 1580. The highest BCUT2D eigenvalue weighted by Crippen LogP contribution is 2.39. The summed E-state index contributed by atoms with van der Waals surface area (Å²) in [6, 6.07) is 20.2. The van der Waals surface area contributed by atoms with Crippen LogP contribution in [0.1, 0.15) is 33.4 Å². The maximum atomic E-state index is 13.9. The van der Waals surface area contributed by atoms with Gasteiger partial charge in [-0.15, -0.1) is 0 Å². The van der Waals surface area contributed by atoms with E-state index in [4.69, 9.17) is 13.3 Å². The van der Waals surface area contributed by atoms with Gasteiger partial charge < -0.3 is 10.2 Å². The quantitative estimate of drug-likeness (QED) is 0.284. The Hall–Kier alpha value is -4.52. The molecule has 0 unspecified atom stereocenters. The Morgan fingerprint density at radius 1 is 1.03 bits per heavy atom. The molecule has 0 atom stereocenters. The number of hydrogen-bond acceptors (Lipinski definition) is 5. The number of nitrogens with zero attached hydrogens (tertiary/aromatic N) is 3. The van der Waals surface area contributed by atoms with Gasteiger partial charge in [-0.2, -0.15) is 0 Å². The van der Waals surface area contributed by atoms with Gasteiger partial charge in [0.05, 0.1) is 17.8 Å². The minimum absolute atomic E-state index is 0.0406. The highest BCUT2D eigenvalue weighted by molar-refractivity contribution is 6.37. The zero-order valence-electron chi connectivity index (χ0n) is 20.7. The average Bonchev–Trinajstić information content (AvgIpc) is 2.88. The number of rotatable bonds is 6. The van der Waals surface area contributed by atoms with Crippen LogP contribution >= 0.6 is 0 Å². The molecule has 2 radical (unpaired) electrons. The van der Waals surface area contributed by atoms with Crippen LogP contribution in [0.15, 0.2) is 85.3 Å². The smallest absolute Gasteiger partial charge is 0.142 e. The second kappa shape index (κ2) is 9.86. The summed E-state index contributed by atoms with van der Waals surface area (Å²) in [5, 5.41) is 12.1. The minimum Gasteiger partial charge on any atom is -0.364 e. The van der Waals surface area contributed by atoms with Gasteiger partial charge in [0.1, 0.15) is 25.8 Å². The van der Waals surface area contributed by atoms with Crippen molar-refractivity contribution in [2.75, 3.05) is 16.8 Å². The van der Waals surface area contributed by atoms with E-state index in [9.17, 15) is 4.39 Å². The number of fused-ring (bicyclic) bond motifs is 1. The zero-order chi connectivity index (χ0) is 26.1. The zero-order valence-corrected chi connectivity index (χ0v) is 20.7. The molecule has 5 rings (SSSR count). The maximum absolute atomic E-state index is 13.9. The predicted octanol–water partition coefficient (Wildman–Crippen LogP) is 5.39. The van der Waals surface area contributed by atoms with Crippen molar-refractivity contribution in [1.82, 2.24) is 9.97 Å². The molecule has 2 heterocycles. The van der Waals surface area contributed by atoms with Gasteiger partial charge in [-0.1, -0.05) is 55.1 Å². The lowest BCUT2D eigenvalue weighted by molar-refractivity contribution is 0.627. The number of halogens is 1. The van der Waals surface area contributed by atoms with Crippen LogP contribution in [-0.4, -0.2) is 30.1 Å². The summed E-state index contributed by atoms with van der Waals surface area (Å²) in [6.45, 7) is 9.01. The molecule has 0 amide bonds. The molecule has 0 saturated heterocycles. The van der Waals surface area contributed by atoms with E-state index in [0.29, 0.717) is 23.5 Å². The fourth-order valence-electron chi connectivity index (χ4n) is 4.72. The van der Waals surface area contributed by atoms with E-state index in [1.54, 1.807) is 12.1 Å². The van der Waals surface area contributed by atoms with Crippen molar-refractivity contribution in [2.24, 2.45) is 0 Å². The van der Waals surface area contributed by atoms with E-state index in [-0.39, 0.29) is 11.3 Å². The van der Waals surface area contributed by atoms with Crippen molar-refractivity contribution in [1.29, 1.82) is 5.41 Å². The first-order chi connectivity index (χ1) is 17.8. The first-order valence-corrected chi connectivity index (χ1v) is 11.9. The number of aryl methyl sites for hydroxylation is 2. The van der Waals surface area contributed by atoms with E-state index in [1.807, 2.05) is 18.2 Å². The largest absolute Gasteiger partial charge is 0.364 e. The van der Waals surface area contributed by atoms with Crippen LogP contribution in [-0.2, 0) is 0 Å². The SMILES string of the molecule is [B]c1ncnc(NCC2=Cc3cccc(C)c3C(=C)N2c2ccccc2C)c1C(=N)c1cccc(F)c1. The van der Waals surface area contributed by atoms with Crippen molar-refractivity contribution in [3.63, 3.8) is 0 Å². The number of aromatic nitrogens is 2. The summed E-state index contributed by atoms with van der Waals surface area (Å²) in [4.78, 5) is 10.6. The molecule has 7 heteroatoms. The van der Waals surface area contributed by atoms with Crippen molar-refractivity contribution >= 4 is 42.4 Å². The van der Waals surface area contributed by atoms with E-state index < -0.39 is 5.82 Å². The Labute approximate surface area is 217 Å². The summed E-state index contributed by atoms with van der Waals surface area (Å²) in [6.07, 6.45) is 3.49. The molecule has 0 aliphatic carbocycles. The topological polar surface area (TPSA) is 64.9 Å². The average molecular weight is 485 g/mol. The van der Waals surface area contributed by atoms with Crippen molar-refractivity contribution in [3.8, 4) is 0 Å². The second-order valence-corrected chi connectivity index (χ2v) is 8.96. The lowest BCUT2D eigenvalue weighted by atomic mass is 9.91. The Morgan fingerprint density at radius 2 is 1.78 bits per heavy atom. The molecule has 180 valence electrons. The summed E-state index contributed by atoms with van der Waals surface area (Å²) < 4.78 is 13.9. The molecule has 5 nitrogen and oxygen atoms in total. The van der Waals surface area contributed by atoms with Gasteiger partial charge >= 0.3 is 0 Å². The van der Waals surface area contributed by atoms with Gasteiger partial charge in [-0.3, -0.25) is 10.4 Å². The molecule has 4 aromatic rings. The molecule has 0 saturated carbocycles. The maximum Gasteiger partial charge on any atom is 0.142 e. The molecule has 2 N–H and O–H groups in total. The first kappa shape index (κ1) is 24.2. The van der Waals surface area contributed by atoms with Gasteiger partial charge in [-0.05, 0) is 54.8 Å². The predicted molar refractivity (Wildman–Crippen MR) is 150 cm³/mol. The summed E-state index contributed by atoms with van der Waals surface area (Å²) in [5.74, 6) is -0.0334. The van der Waals surface area contributed by atoms with Gasteiger partial charge in [-0.25, -0.2) is 9.37 Å². The molecule has 0 bridgehead atoms.